The minimum absolute atomic E-state index is 0. The summed E-state index contributed by atoms with van der Waals surface area (Å²) in [6, 6.07) is 0. The third-order valence-electron chi connectivity index (χ3n) is 0. The van der Waals surface area contributed by atoms with Gasteiger partial charge < -0.3 is 73.4 Å². The van der Waals surface area contributed by atoms with Gasteiger partial charge in [-0.15, -0.1) is 0 Å². The Kier molecular flexibility index (Phi) is 2700. The van der Waals surface area contributed by atoms with E-state index in [1.165, 1.54) is 0 Å². The van der Waals surface area contributed by atoms with Crippen molar-refractivity contribution in [2.24, 2.45) is 0 Å². The summed E-state index contributed by atoms with van der Waals surface area (Å²) >= 11 is 0. The summed E-state index contributed by atoms with van der Waals surface area (Å²) in [6.07, 6.45) is 0. The van der Waals surface area contributed by atoms with Crippen LogP contribution in [-0.2, 0) is 22.8 Å². The summed E-state index contributed by atoms with van der Waals surface area (Å²) in [4.78, 5) is 108. The van der Waals surface area contributed by atoms with Crippen LogP contribution >= 0.6 is 39.1 Å². The second-order valence-electron chi connectivity index (χ2n) is 2.57. The fourth-order valence-corrected chi connectivity index (χ4v) is 0. The van der Waals surface area contributed by atoms with E-state index in [1.54, 1.807) is 0 Å². The molecule has 103 heavy (non-hydrogen) atoms. The Morgan fingerprint density at radius 3 is 0.0680 bits per heavy atom. The maximum Gasteiger partial charge on any atom is 2.00 e. The fourth-order valence-electron chi connectivity index (χ4n) is 0. The molecule has 160 valence electrons. The van der Waals surface area contributed by atoms with Gasteiger partial charge in [0.15, 0.2) is 0 Å². The molecule has 0 radical (unpaired) electrons. The number of phosphoric acid groups is 5. The zero-order valence-electron chi connectivity index (χ0n) is 66.1. The van der Waals surface area contributed by atoms with Crippen molar-refractivity contribution < 1.29 is 96.2 Å². The maximum atomic E-state index is 8.88. The fraction of sp³-hybridized carbons (Fsp3) is 0. The van der Waals surface area contributed by atoms with E-state index in [1.807, 2.05) is 0 Å². The second-order valence-corrected chi connectivity index (χ2v) is 7.70. The van der Waals surface area contributed by atoms with Crippen molar-refractivity contribution in [3.05, 3.63) is 0 Å². The van der Waals surface area contributed by atoms with Crippen LogP contribution < -0.4 is 0 Å². The van der Waals surface area contributed by atoms with E-state index < -0.39 is 39.1 Å². The van der Waals surface area contributed by atoms with Crippen LogP contribution in [0.3, 0.4) is 0 Å². The molecule has 0 aromatic carbocycles. The zero-order valence-corrected chi connectivity index (χ0v) is 243. The molecule has 0 unspecified atom stereocenters. The van der Waals surface area contributed by atoms with Crippen molar-refractivity contribution in [1.29, 1.82) is 0 Å². The molecule has 0 spiro atoms. The molecule has 0 saturated carbocycles. The summed E-state index contributed by atoms with van der Waals surface area (Å²) in [5, 5.41) is 0. The van der Waals surface area contributed by atoms with E-state index in [0.717, 1.165) is 0 Å². The molecule has 0 aromatic heterocycles. The van der Waals surface area contributed by atoms with Gasteiger partial charge >= 0.3 is 2980 Å². The molecule has 0 fully saturated rings. The van der Waals surface area contributed by atoms with Gasteiger partial charge in [0, 0.05) is 0 Å². The summed E-state index contributed by atoms with van der Waals surface area (Å²) in [7, 11) is -23.2. The molecule has 0 saturated heterocycles. The quantitative estimate of drug-likeness (QED) is 0.0791. The van der Waals surface area contributed by atoms with Crippen molar-refractivity contribution in [3.63, 3.8) is 0 Å². The average molecular weight is 3620 g/mol. The van der Waals surface area contributed by atoms with Crippen LogP contribution in [0.25, 0.3) is 0 Å². The summed E-state index contributed by atoms with van der Waals surface area (Å²) in [6.45, 7) is 0. The minimum Gasteiger partial charge on any atom is -0.303 e. The Hall–Kier alpha value is 98.8. The van der Waals surface area contributed by atoms with Crippen molar-refractivity contribution in [2.75, 3.05) is 0 Å². The summed E-state index contributed by atoms with van der Waals surface area (Å²) in [5.74, 6) is 0. The van der Waals surface area contributed by atoms with Gasteiger partial charge in [0.2, 0.25) is 0 Å². The Bertz CT molecular complexity index is 447. The molecule has 0 bridgehead atoms. The maximum absolute atomic E-state index is 8.88. The van der Waals surface area contributed by atoms with Gasteiger partial charge in [-0.2, -0.15) is 0 Å². The molecule has 0 rings (SSSR count). The van der Waals surface area contributed by atoms with E-state index in [4.69, 9.17) is 96.2 Å². The van der Waals surface area contributed by atoms with Gasteiger partial charge in [0.25, 0.3) is 0 Å². The molecule has 0 amide bonds. The standard InChI is InChI=1S/78Ca.5H3O4P/c;;;;;;;;;;;;;;;;;;;;;;;;;;;;;;;;;;;;;;;;;;;;;;;;;;;;;;;;;;;;;;;;;;;;;;;;;;;;;;5*1-5(2,3)4/h;;;;;;;;;;;;;;;;;;;;;;;;;;;;;;;;;;;;;;;;;;;;;;;;;;;;;;;;;;;;;;;;;;;;;;;;;;;;;;5*(H3,1,2,3,4)/q78*+2;;;;;. The molecule has 0 aliphatic rings. The van der Waals surface area contributed by atoms with Crippen molar-refractivity contribution in [3.8, 4) is 0 Å². The summed E-state index contributed by atoms with van der Waals surface area (Å²) in [5.41, 5.74) is 0. The van der Waals surface area contributed by atoms with Crippen molar-refractivity contribution in [1.82, 2.24) is 0 Å². The minimum atomic E-state index is -4.64. The average Bonchev–Trinajstić information content (AvgIpc) is 1.79. The van der Waals surface area contributed by atoms with E-state index in [2.05, 4.69) is 0 Å². The molecule has 15 N–H and O–H groups in total. The van der Waals surface area contributed by atoms with Gasteiger partial charge in [0.05, 0.1) is 0 Å². The van der Waals surface area contributed by atoms with Gasteiger partial charge in [-0.1, -0.05) is 0 Å². The van der Waals surface area contributed by atoms with E-state index in [-0.39, 0.29) is 2940 Å². The number of hydrogen-bond donors (Lipinski definition) is 15. The predicted octanol–water partition coefficient (Wildman–Crippen LogP) is -34.3. The predicted molar refractivity (Wildman–Crippen MR) is 520 cm³/mol. The van der Waals surface area contributed by atoms with E-state index in [0.29, 0.717) is 0 Å². The Morgan fingerprint density at radius 1 is 0.0680 bits per heavy atom. The molecule has 0 aromatic rings. The molecular formula is H15Ca78O20P5+156. The smallest absolute Gasteiger partial charge is 0.303 e. The Labute approximate surface area is 2950 Å². The van der Waals surface area contributed by atoms with Crippen LogP contribution in [0, 0.1) is 0 Å². The van der Waals surface area contributed by atoms with E-state index >= 15 is 0 Å². The second kappa shape index (κ2) is 483. The SMILES string of the molecule is O=P(O)(O)O.O=P(O)(O)O.O=P(O)(O)O.O=P(O)(O)O.O=P(O)(O)O.[Ca+2].[Ca+2].[Ca+2].[Ca+2].[Ca+2].[Ca+2].[Ca+2].[Ca+2].[Ca+2].[Ca+2].[Ca+2].[Ca+2].[Ca+2].[Ca+2].[Ca+2].[Ca+2].[Ca+2].[Ca+2].[Ca+2].[Ca+2].[Ca+2].[Ca+2].[Ca+2].[Ca+2].[Ca+2].[Ca+2].[Ca+2].[Ca+2].[Ca+2].[Ca+2].[Ca+2].[Ca+2].[Ca+2].[Ca+2].[Ca+2].[Ca+2].[Ca+2].[Ca+2].[Ca+2].[Ca+2].[Ca+2].[Ca+2].[Ca+2].[Ca+2].[Ca+2].[Ca+2].[Ca+2].[Ca+2].[Ca+2].[Ca+2].[Ca+2].[Ca+2].[Ca+2].[Ca+2].[Ca+2].[Ca+2].[Ca+2].[Ca+2].[Ca+2].[Ca+2].[Ca+2].[Ca+2].[Ca+2].[Ca+2].[Ca+2].[Ca+2].[Ca+2].[Ca+2].[Ca+2].[Ca+2].[Ca+2].[Ca+2].[Ca+2].[Ca+2].[Ca+2].[Ca+2].[Ca+2].[Ca+2]. The molecule has 0 aliphatic carbocycles. The van der Waals surface area contributed by atoms with Crippen LogP contribution in [0.4, 0.5) is 0 Å². The normalized spacial score (nSPS) is 2.86. The van der Waals surface area contributed by atoms with Crippen LogP contribution in [0.15, 0.2) is 0 Å². The largest absolute Gasteiger partial charge is 2.00 e. The zero-order chi connectivity index (χ0) is 22.5. The first-order chi connectivity index (χ1) is 10.0. The summed E-state index contributed by atoms with van der Waals surface area (Å²) < 4.78 is 44.4. The molecule has 0 aliphatic heterocycles. The molecule has 0 heterocycles. The van der Waals surface area contributed by atoms with Gasteiger partial charge in [-0.3, -0.25) is 0 Å². The van der Waals surface area contributed by atoms with Crippen LogP contribution in [0.2, 0.25) is 0 Å². The van der Waals surface area contributed by atoms with E-state index in [9.17, 15) is 0 Å². The third kappa shape index (κ3) is 813. The monoisotopic (exact) mass is 3610 g/mol. The van der Waals surface area contributed by atoms with Gasteiger partial charge in [0.1, 0.15) is 0 Å². The molecule has 0 atom stereocenters. The third-order valence-corrected chi connectivity index (χ3v) is 0. The Morgan fingerprint density at radius 2 is 0.0680 bits per heavy atom. The Balaban J connectivity index is -0.000000000504. The van der Waals surface area contributed by atoms with Crippen LogP contribution in [-0.4, -0.2) is 3020 Å². The van der Waals surface area contributed by atoms with Crippen LogP contribution in [0.1, 0.15) is 0 Å². The molecule has 103 heteroatoms. The number of rotatable bonds is 0. The van der Waals surface area contributed by atoms with Crippen LogP contribution in [0.5, 0.6) is 0 Å². The molecule has 20 nitrogen and oxygen atoms in total. The van der Waals surface area contributed by atoms with Gasteiger partial charge in [-0.25, -0.2) is 22.8 Å². The van der Waals surface area contributed by atoms with Crippen molar-refractivity contribution in [2.45, 2.75) is 0 Å². The van der Waals surface area contributed by atoms with Crippen molar-refractivity contribution >= 4 is 2980 Å². The number of hydrogen-bond acceptors (Lipinski definition) is 5. The first kappa shape index (κ1) is 577. The first-order valence-corrected chi connectivity index (χ1v) is 11.7. The topological polar surface area (TPSA) is 389 Å². The molecular weight excluding hydrogens is 3600 g/mol. The van der Waals surface area contributed by atoms with Gasteiger partial charge in [-0.05, 0) is 0 Å². The first-order valence-electron chi connectivity index (χ1n) is 3.91.